The first-order valence-corrected chi connectivity index (χ1v) is 9.49. The third-order valence-corrected chi connectivity index (χ3v) is 5.38. The molecular formula is C22H27N3O3. The summed E-state index contributed by atoms with van der Waals surface area (Å²) in [7, 11) is 3.36. The number of nitrogens with zero attached hydrogens (tertiary/aromatic N) is 1. The lowest BCUT2D eigenvalue weighted by Crippen LogP contribution is -2.47. The molecule has 1 heterocycles. The zero-order valence-corrected chi connectivity index (χ0v) is 16.3. The zero-order chi connectivity index (χ0) is 20.1. The summed E-state index contributed by atoms with van der Waals surface area (Å²) in [5.74, 6) is 0.389. The van der Waals surface area contributed by atoms with E-state index in [-0.39, 0.29) is 29.8 Å². The molecule has 0 aliphatic carbocycles. The largest absolute Gasteiger partial charge is 0.497 e. The molecule has 1 aliphatic rings. The van der Waals surface area contributed by atoms with Crippen LogP contribution in [-0.4, -0.2) is 37.4 Å². The van der Waals surface area contributed by atoms with Crippen LogP contribution in [0.3, 0.4) is 0 Å². The average molecular weight is 381 g/mol. The minimum Gasteiger partial charge on any atom is -0.497 e. The van der Waals surface area contributed by atoms with Crippen molar-refractivity contribution in [1.29, 1.82) is 0 Å². The molecule has 1 fully saturated rings. The lowest BCUT2D eigenvalue weighted by Gasteiger charge is -2.38. The highest BCUT2D eigenvalue weighted by atomic mass is 16.5. The van der Waals surface area contributed by atoms with Crippen LogP contribution in [0.5, 0.6) is 5.75 Å². The molecule has 6 nitrogen and oxygen atoms in total. The molecule has 0 spiro atoms. The maximum absolute atomic E-state index is 13.0. The lowest BCUT2D eigenvalue weighted by atomic mass is 9.84. The lowest BCUT2D eigenvalue weighted by molar-refractivity contribution is -0.141. The number of likely N-dealkylation sites (tertiary alicyclic amines) is 1. The van der Waals surface area contributed by atoms with Gasteiger partial charge in [0, 0.05) is 26.1 Å². The van der Waals surface area contributed by atoms with E-state index < -0.39 is 0 Å². The maximum atomic E-state index is 13.0. The van der Waals surface area contributed by atoms with Crippen LogP contribution in [0.1, 0.15) is 36.1 Å². The van der Waals surface area contributed by atoms with Crippen LogP contribution >= 0.6 is 0 Å². The maximum Gasteiger partial charge on any atom is 0.225 e. The van der Waals surface area contributed by atoms with E-state index in [9.17, 15) is 9.59 Å². The molecule has 0 saturated carbocycles. The Morgan fingerprint density at radius 2 is 1.89 bits per heavy atom. The zero-order valence-electron chi connectivity index (χ0n) is 16.3. The first kappa shape index (κ1) is 19.9. The molecule has 2 aromatic carbocycles. The van der Waals surface area contributed by atoms with Gasteiger partial charge < -0.3 is 20.7 Å². The molecule has 3 unspecified atom stereocenters. The summed E-state index contributed by atoms with van der Waals surface area (Å²) in [6, 6.07) is 16.6. The van der Waals surface area contributed by atoms with E-state index in [1.807, 2.05) is 54.6 Å². The van der Waals surface area contributed by atoms with Gasteiger partial charge in [-0.05, 0) is 29.7 Å². The van der Waals surface area contributed by atoms with E-state index in [0.29, 0.717) is 19.4 Å². The second-order valence-corrected chi connectivity index (χ2v) is 7.13. The summed E-state index contributed by atoms with van der Waals surface area (Å²) in [6.45, 7) is 0.354. The molecule has 2 amide bonds. The van der Waals surface area contributed by atoms with Crippen molar-refractivity contribution in [2.24, 2.45) is 11.7 Å². The van der Waals surface area contributed by atoms with Crippen molar-refractivity contribution in [3.8, 4) is 5.75 Å². The molecule has 3 rings (SSSR count). The van der Waals surface area contributed by atoms with Gasteiger partial charge in [-0.25, -0.2) is 0 Å². The van der Waals surface area contributed by atoms with Crippen LogP contribution < -0.4 is 15.8 Å². The predicted molar refractivity (Wildman–Crippen MR) is 108 cm³/mol. The number of carbonyl (C=O) groups is 2. The Labute approximate surface area is 165 Å². The Morgan fingerprint density at radius 3 is 2.54 bits per heavy atom. The number of carbonyl (C=O) groups excluding carboxylic acids is 2. The number of ether oxygens (including phenoxy) is 1. The van der Waals surface area contributed by atoms with E-state index >= 15 is 0 Å². The fourth-order valence-corrected chi connectivity index (χ4v) is 3.73. The molecule has 1 aliphatic heterocycles. The van der Waals surface area contributed by atoms with Gasteiger partial charge in [0.2, 0.25) is 11.8 Å². The predicted octanol–water partition coefficient (Wildman–Crippen LogP) is 2.42. The first-order valence-electron chi connectivity index (χ1n) is 9.49. The van der Waals surface area contributed by atoms with Crippen molar-refractivity contribution < 1.29 is 14.3 Å². The summed E-state index contributed by atoms with van der Waals surface area (Å²) in [5, 5.41) is 2.98. The van der Waals surface area contributed by atoms with Gasteiger partial charge in [0.1, 0.15) is 5.75 Å². The third-order valence-electron chi connectivity index (χ3n) is 5.38. The number of hydrogen-bond acceptors (Lipinski definition) is 4. The Hall–Kier alpha value is -2.86. The minimum absolute atomic E-state index is 0.0471. The molecule has 0 aromatic heterocycles. The summed E-state index contributed by atoms with van der Waals surface area (Å²) in [5.41, 5.74) is 8.10. The number of benzene rings is 2. The van der Waals surface area contributed by atoms with Crippen LogP contribution in [0, 0.1) is 5.92 Å². The van der Waals surface area contributed by atoms with E-state index in [1.165, 1.54) is 0 Å². The smallest absolute Gasteiger partial charge is 0.225 e. The second kappa shape index (κ2) is 8.89. The topological polar surface area (TPSA) is 84.7 Å². The fraction of sp³-hybridized carbons (Fsp3) is 0.364. The van der Waals surface area contributed by atoms with Crippen molar-refractivity contribution in [1.82, 2.24) is 10.2 Å². The van der Waals surface area contributed by atoms with Gasteiger partial charge in [0.05, 0.1) is 19.1 Å². The highest BCUT2D eigenvalue weighted by molar-refractivity contribution is 5.85. The minimum atomic E-state index is -0.320. The van der Waals surface area contributed by atoms with Crippen LogP contribution in [0.25, 0.3) is 0 Å². The van der Waals surface area contributed by atoms with Crippen molar-refractivity contribution in [3.63, 3.8) is 0 Å². The Kier molecular flexibility index (Phi) is 6.31. The Morgan fingerprint density at radius 1 is 1.21 bits per heavy atom. The van der Waals surface area contributed by atoms with Gasteiger partial charge in [-0.2, -0.15) is 0 Å². The van der Waals surface area contributed by atoms with Crippen molar-refractivity contribution >= 4 is 11.8 Å². The highest BCUT2D eigenvalue weighted by Crippen LogP contribution is 2.36. The molecule has 3 N–H and O–H groups in total. The number of nitrogens with one attached hydrogen (secondary N) is 1. The highest BCUT2D eigenvalue weighted by Gasteiger charge is 2.38. The van der Waals surface area contributed by atoms with E-state index in [2.05, 4.69) is 5.32 Å². The van der Waals surface area contributed by atoms with Crippen LogP contribution in [0.2, 0.25) is 0 Å². The molecular weight excluding hydrogens is 354 g/mol. The van der Waals surface area contributed by atoms with Gasteiger partial charge in [-0.1, -0.05) is 42.5 Å². The van der Waals surface area contributed by atoms with Crippen molar-refractivity contribution in [3.05, 3.63) is 65.7 Å². The van der Waals surface area contributed by atoms with Crippen molar-refractivity contribution in [2.45, 2.75) is 24.9 Å². The van der Waals surface area contributed by atoms with Crippen molar-refractivity contribution in [2.75, 3.05) is 20.7 Å². The van der Waals surface area contributed by atoms with Gasteiger partial charge in [0.25, 0.3) is 0 Å². The number of methoxy groups -OCH3 is 1. The molecule has 3 atom stereocenters. The van der Waals surface area contributed by atoms with Crippen LogP contribution in [-0.2, 0) is 9.59 Å². The second-order valence-electron chi connectivity index (χ2n) is 7.13. The van der Waals surface area contributed by atoms with E-state index in [4.69, 9.17) is 10.5 Å². The van der Waals surface area contributed by atoms with Crippen LogP contribution in [0.15, 0.2) is 54.6 Å². The summed E-state index contributed by atoms with van der Waals surface area (Å²) < 4.78 is 5.21. The molecule has 148 valence electrons. The van der Waals surface area contributed by atoms with E-state index in [0.717, 1.165) is 16.9 Å². The summed E-state index contributed by atoms with van der Waals surface area (Å²) in [6.07, 6.45) is 0.887. The first-order chi connectivity index (χ1) is 13.5. The number of amides is 2. The Bertz CT molecular complexity index is 808. The quantitative estimate of drug-likeness (QED) is 0.805. The number of piperidine rings is 1. The molecule has 0 bridgehead atoms. The standard InChI is InChI=1S/C22H27N3O3/c1-25-20(26)13-12-18(21(25)16-8-10-17(28-2)11-9-16)22(27)24-14-19(23)15-6-4-3-5-7-15/h3-11,18-19,21H,12-14,23H2,1-2H3,(H,24,27). The normalized spacial score (nSPS) is 20.5. The van der Waals surface area contributed by atoms with E-state index in [1.54, 1.807) is 19.1 Å². The fourth-order valence-electron chi connectivity index (χ4n) is 3.73. The molecule has 2 aromatic rings. The molecule has 0 radical (unpaired) electrons. The van der Waals surface area contributed by atoms with Gasteiger partial charge >= 0.3 is 0 Å². The average Bonchev–Trinajstić information content (AvgIpc) is 2.74. The Balaban J connectivity index is 1.73. The van der Waals surface area contributed by atoms with Gasteiger partial charge in [0.15, 0.2) is 0 Å². The number of rotatable bonds is 6. The van der Waals surface area contributed by atoms with Gasteiger partial charge in [-0.3, -0.25) is 9.59 Å². The molecule has 6 heteroatoms. The SMILES string of the molecule is COc1ccc(C2C(C(=O)NCC(N)c3ccccc3)CCC(=O)N2C)cc1. The number of hydrogen-bond donors (Lipinski definition) is 2. The third kappa shape index (κ3) is 4.34. The van der Waals surface area contributed by atoms with Crippen LogP contribution in [0.4, 0.5) is 0 Å². The van der Waals surface area contributed by atoms with Gasteiger partial charge in [-0.15, -0.1) is 0 Å². The monoisotopic (exact) mass is 381 g/mol. The number of nitrogens with two attached hydrogens (primary N) is 1. The molecule has 28 heavy (non-hydrogen) atoms. The molecule has 1 saturated heterocycles. The summed E-state index contributed by atoms with van der Waals surface area (Å²) >= 11 is 0. The summed E-state index contributed by atoms with van der Waals surface area (Å²) in [4.78, 5) is 26.9.